The van der Waals surface area contributed by atoms with Crippen LogP contribution in [0.2, 0.25) is 0 Å². The molecule has 0 aliphatic heterocycles. The third-order valence-corrected chi connectivity index (χ3v) is 5.89. The zero-order valence-electron chi connectivity index (χ0n) is 14.9. The molecule has 1 aromatic carbocycles. The number of carboxylic acids is 1. The molecule has 1 unspecified atom stereocenters. The average molecular weight is 384 g/mol. The third-order valence-electron chi connectivity index (χ3n) is 4.43. The summed E-state index contributed by atoms with van der Waals surface area (Å²) in [6.07, 6.45) is 0.717. The lowest BCUT2D eigenvalue weighted by atomic mass is 9.80. The monoisotopic (exact) mass is 384 g/mol. The fourth-order valence-electron chi connectivity index (χ4n) is 2.71. The fourth-order valence-corrected chi connectivity index (χ4v) is 4.05. The Morgan fingerprint density at radius 2 is 1.77 bits per heavy atom. The molecule has 26 heavy (non-hydrogen) atoms. The van der Waals surface area contributed by atoms with Crippen molar-refractivity contribution in [3.05, 3.63) is 24.3 Å². The highest BCUT2D eigenvalue weighted by Crippen LogP contribution is 2.27. The second-order valence-corrected chi connectivity index (χ2v) is 8.44. The van der Waals surface area contributed by atoms with E-state index < -0.39 is 33.9 Å². The topological polar surface area (TPSA) is 122 Å². The van der Waals surface area contributed by atoms with Gasteiger partial charge < -0.3 is 15.2 Å². The normalized spacial score (nSPS) is 20.9. The summed E-state index contributed by atoms with van der Waals surface area (Å²) in [6, 6.07) is 4.67. The molecule has 8 nitrogen and oxygen atoms in total. The minimum Gasteiger partial charge on any atom is -0.497 e. The van der Waals surface area contributed by atoms with Crippen LogP contribution in [0.25, 0.3) is 0 Å². The number of sulfonamides is 1. The Balaban J connectivity index is 2.04. The summed E-state index contributed by atoms with van der Waals surface area (Å²) in [7, 11) is -2.40. The summed E-state index contributed by atoms with van der Waals surface area (Å²) in [5, 5.41) is 11.6. The molecule has 0 radical (unpaired) electrons. The minimum atomic E-state index is -3.88. The second kappa shape index (κ2) is 8.05. The van der Waals surface area contributed by atoms with Crippen molar-refractivity contribution in [1.82, 2.24) is 10.0 Å². The van der Waals surface area contributed by atoms with Crippen LogP contribution >= 0.6 is 0 Å². The van der Waals surface area contributed by atoms with Crippen LogP contribution in [0, 0.1) is 11.8 Å². The molecular formula is C17H24N2O6S. The van der Waals surface area contributed by atoms with E-state index in [-0.39, 0.29) is 16.9 Å². The van der Waals surface area contributed by atoms with Gasteiger partial charge in [0.15, 0.2) is 0 Å². The molecule has 0 aromatic heterocycles. The van der Waals surface area contributed by atoms with Crippen LogP contribution in [-0.2, 0) is 19.6 Å². The number of benzene rings is 1. The molecule has 1 saturated carbocycles. The number of ether oxygens (including phenoxy) is 1. The maximum Gasteiger partial charge on any atom is 0.306 e. The lowest BCUT2D eigenvalue weighted by Gasteiger charge is -2.34. The van der Waals surface area contributed by atoms with Crippen molar-refractivity contribution in [2.45, 2.75) is 43.7 Å². The van der Waals surface area contributed by atoms with E-state index in [2.05, 4.69) is 10.0 Å². The zero-order chi connectivity index (χ0) is 19.5. The van der Waals surface area contributed by atoms with Gasteiger partial charge in [-0.1, -0.05) is 13.8 Å². The fraction of sp³-hybridized carbons (Fsp3) is 0.529. The molecule has 1 aliphatic carbocycles. The first kappa shape index (κ1) is 20.2. The lowest BCUT2D eigenvalue weighted by Crippen LogP contribution is -2.55. The molecule has 1 aromatic rings. The Morgan fingerprint density at radius 1 is 1.19 bits per heavy atom. The highest BCUT2D eigenvalue weighted by atomic mass is 32.2. The van der Waals surface area contributed by atoms with Gasteiger partial charge >= 0.3 is 5.97 Å². The predicted octanol–water partition coefficient (Wildman–Crippen LogP) is 0.978. The smallest absolute Gasteiger partial charge is 0.306 e. The van der Waals surface area contributed by atoms with Crippen LogP contribution in [-0.4, -0.2) is 44.6 Å². The molecule has 1 aliphatic rings. The van der Waals surface area contributed by atoms with E-state index in [4.69, 9.17) is 9.84 Å². The van der Waals surface area contributed by atoms with E-state index in [1.54, 1.807) is 13.8 Å². The number of carboxylic acid groups (broad SMARTS) is 1. The van der Waals surface area contributed by atoms with Gasteiger partial charge in [0.2, 0.25) is 15.9 Å². The molecule has 0 spiro atoms. The summed E-state index contributed by atoms with van der Waals surface area (Å²) in [6.45, 7) is 3.48. The summed E-state index contributed by atoms with van der Waals surface area (Å²) < 4.78 is 32.5. The lowest BCUT2D eigenvalue weighted by molar-refractivity contribution is -0.146. The van der Waals surface area contributed by atoms with Crippen molar-refractivity contribution in [3.8, 4) is 5.75 Å². The van der Waals surface area contributed by atoms with Crippen molar-refractivity contribution in [1.29, 1.82) is 0 Å². The van der Waals surface area contributed by atoms with Crippen molar-refractivity contribution in [2.24, 2.45) is 11.8 Å². The Labute approximate surface area is 153 Å². The summed E-state index contributed by atoms with van der Waals surface area (Å²) in [4.78, 5) is 23.3. The number of methoxy groups -OCH3 is 1. The van der Waals surface area contributed by atoms with Crippen LogP contribution in [0.15, 0.2) is 29.2 Å². The molecule has 144 valence electrons. The minimum absolute atomic E-state index is 0.0336. The number of hydrogen-bond donors (Lipinski definition) is 3. The van der Waals surface area contributed by atoms with Gasteiger partial charge in [-0.3, -0.25) is 9.59 Å². The Kier molecular flexibility index (Phi) is 6.25. The Bertz CT molecular complexity index is 754. The predicted molar refractivity (Wildman–Crippen MR) is 94.2 cm³/mol. The maximum atomic E-state index is 12.6. The number of hydrogen-bond acceptors (Lipinski definition) is 5. The number of carbonyl (C=O) groups excluding carboxylic acids is 1. The Hall–Kier alpha value is -2.13. The van der Waals surface area contributed by atoms with Gasteiger partial charge in [0, 0.05) is 6.04 Å². The molecule has 0 bridgehead atoms. The first-order valence-corrected chi connectivity index (χ1v) is 9.82. The number of carbonyl (C=O) groups is 2. The number of amides is 1. The van der Waals surface area contributed by atoms with Crippen LogP contribution in [0.1, 0.15) is 26.7 Å². The van der Waals surface area contributed by atoms with Gasteiger partial charge in [-0.25, -0.2) is 8.42 Å². The SMILES string of the molecule is COc1ccc(S(=O)(=O)NC(C(=O)NC2CC(C(=O)O)C2)C(C)C)cc1. The van der Waals surface area contributed by atoms with Gasteiger partial charge in [0.05, 0.1) is 17.9 Å². The molecule has 1 fully saturated rings. The van der Waals surface area contributed by atoms with Gasteiger partial charge in [0.25, 0.3) is 0 Å². The van der Waals surface area contributed by atoms with Crippen molar-refractivity contribution in [2.75, 3.05) is 7.11 Å². The van der Waals surface area contributed by atoms with Crippen LogP contribution in [0.5, 0.6) is 5.75 Å². The van der Waals surface area contributed by atoms with Crippen molar-refractivity contribution >= 4 is 21.9 Å². The van der Waals surface area contributed by atoms with Crippen molar-refractivity contribution < 1.29 is 27.9 Å². The molecule has 2 rings (SSSR count). The highest BCUT2D eigenvalue weighted by Gasteiger charge is 2.37. The molecule has 3 N–H and O–H groups in total. The Morgan fingerprint density at radius 3 is 2.23 bits per heavy atom. The molecular weight excluding hydrogens is 360 g/mol. The van der Waals surface area contributed by atoms with Crippen LogP contribution < -0.4 is 14.8 Å². The summed E-state index contributed by atoms with van der Waals surface area (Å²) >= 11 is 0. The molecule has 0 saturated heterocycles. The van der Waals surface area contributed by atoms with Gasteiger partial charge in [-0.2, -0.15) is 4.72 Å². The first-order chi connectivity index (χ1) is 12.1. The number of aliphatic carboxylic acids is 1. The van der Waals surface area contributed by atoms with E-state index in [1.165, 1.54) is 31.4 Å². The van der Waals surface area contributed by atoms with E-state index in [0.29, 0.717) is 18.6 Å². The standard InChI is InChI=1S/C17H24N2O6S/c1-10(2)15(16(20)18-12-8-11(9-12)17(21)22)19-26(23,24)14-6-4-13(25-3)5-7-14/h4-7,10-12,15,19H,8-9H2,1-3H3,(H,18,20)(H,21,22). The molecule has 1 atom stereocenters. The van der Waals surface area contributed by atoms with Gasteiger partial charge in [-0.05, 0) is 43.0 Å². The maximum absolute atomic E-state index is 12.6. The van der Waals surface area contributed by atoms with E-state index in [1.807, 2.05) is 0 Å². The van der Waals surface area contributed by atoms with E-state index >= 15 is 0 Å². The molecule has 9 heteroatoms. The van der Waals surface area contributed by atoms with E-state index in [9.17, 15) is 18.0 Å². The average Bonchev–Trinajstić information content (AvgIpc) is 2.54. The second-order valence-electron chi connectivity index (χ2n) is 6.73. The molecule has 1 amide bonds. The number of rotatable bonds is 8. The highest BCUT2D eigenvalue weighted by molar-refractivity contribution is 7.89. The van der Waals surface area contributed by atoms with Gasteiger partial charge in [-0.15, -0.1) is 0 Å². The summed E-state index contributed by atoms with van der Waals surface area (Å²) in [5.74, 6) is -1.53. The van der Waals surface area contributed by atoms with Crippen LogP contribution in [0.4, 0.5) is 0 Å². The van der Waals surface area contributed by atoms with Gasteiger partial charge in [0.1, 0.15) is 11.8 Å². The zero-order valence-corrected chi connectivity index (χ0v) is 15.7. The van der Waals surface area contributed by atoms with Crippen LogP contribution in [0.3, 0.4) is 0 Å². The number of nitrogens with one attached hydrogen (secondary N) is 2. The summed E-state index contributed by atoms with van der Waals surface area (Å²) in [5.41, 5.74) is 0. The quantitative estimate of drug-likeness (QED) is 0.614. The largest absolute Gasteiger partial charge is 0.497 e. The first-order valence-electron chi connectivity index (χ1n) is 8.33. The third kappa shape index (κ3) is 4.73. The van der Waals surface area contributed by atoms with E-state index in [0.717, 1.165) is 0 Å². The molecule has 0 heterocycles. The van der Waals surface area contributed by atoms with Crippen molar-refractivity contribution in [3.63, 3.8) is 0 Å².